The summed E-state index contributed by atoms with van der Waals surface area (Å²) in [5.74, 6) is 0. The normalized spacial score (nSPS) is 24.4. The molecule has 1 unspecified atom stereocenters. The molecule has 1 heterocycles. The van der Waals surface area contributed by atoms with E-state index in [0.717, 1.165) is 22.9 Å². The average Bonchev–Trinajstić information content (AvgIpc) is 2.37. The van der Waals surface area contributed by atoms with E-state index in [4.69, 9.17) is 4.74 Å². The van der Waals surface area contributed by atoms with Gasteiger partial charge in [0.15, 0.2) is 0 Å². The van der Waals surface area contributed by atoms with E-state index in [1.54, 1.807) is 11.0 Å². The van der Waals surface area contributed by atoms with Crippen LogP contribution in [0.15, 0.2) is 22.7 Å². The van der Waals surface area contributed by atoms with Gasteiger partial charge in [0.1, 0.15) is 11.2 Å². The molecule has 0 aromatic carbocycles. The number of allylic oxidation sites excluding steroid dienone is 1. The van der Waals surface area contributed by atoms with Crippen LogP contribution >= 0.6 is 15.9 Å². The predicted octanol–water partition coefficient (Wildman–Crippen LogP) is 3.99. The second-order valence-corrected chi connectivity index (χ2v) is 7.37. The number of hydrogen-bond acceptors (Lipinski definition) is 3. The number of ether oxygens (including phenoxy) is 1. The number of hydrogen-bond donors (Lipinski definition) is 1. The first kappa shape index (κ1) is 18.2. The lowest BCUT2D eigenvalue weighted by Gasteiger charge is -2.40. The molecule has 5 heteroatoms. The monoisotopic (exact) mass is 359 g/mol. The highest BCUT2D eigenvalue weighted by Gasteiger charge is 2.39. The summed E-state index contributed by atoms with van der Waals surface area (Å²) in [7, 11) is 0. The Morgan fingerprint density at radius 1 is 1.52 bits per heavy atom. The number of nitrogens with zero attached hydrogens (tertiary/aromatic N) is 1. The van der Waals surface area contributed by atoms with Crippen molar-refractivity contribution in [3.63, 3.8) is 0 Å². The van der Waals surface area contributed by atoms with Crippen LogP contribution in [0.2, 0.25) is 0 Å². The van der Waals surface area contributed by atoms with Gasteiger partial charge in [-0.15, -0.1) is 0 Å². The highest BCUT2D eigenvalue weighted by molar-refractivity contribution is 9.11. The molecular weight excluding hydrogens is 334 g/mol. The number of β-amino-alcohol motifs (C(OH)–C–C–N with tert-alkyl or cyclic N) is 1. The molecular formula is C16H26BrNO3. The summed E-state index contributed by atoms with van der Waals surface area (Å²) in [5, 5.41) is 10.9. The van der Waals surface area contributed by atoms with Crippen molar-refractivity contribution in [2.45, 2.75) is 58.2 Å². The Hall–Kier alpha value is -0.810. The van der Waals surface area contributed by atoms with Gasteiger partial charge in [0.25, 0.3) is 0 Å². The van der Waals surface area contributed by atoms with E-state index in [9.17, 15) is 9.90 Å². The first-order chi connectivity index (χ1) is 9.63. The minimum Gasteiger partial charge on any atom is -0.444 e. The van der Waals surface area contributed by atoms with Crippen molar-refractivity contribution in [3.05, 3.63) is 22.7 Å². The van der Waals surface area contributed by atoms with Crippen molar-refractivity contribution in [1.82, 2.24) is 4.90 Å². The molecule has 1 atom stereocenters. The van der Waals surface area contributed by atoms with E-state index < -0.39 is 11.2 Å². The molecule has 0 saturated carbocycles. The third-order valence-electron chi connectivity index (χ3n) is 3.43. The van der Waals surface area contributed by atoms with Crippen molar-refractivity contribution in [3.8, 4) is 0 Å². The van der Waals surface area contributed by atoms with Crippen LogP contribution < -0.4 is 0 Å². The largest absolute Gasteiger partial charge is 0.444 e. The van der Waals surface area contributed by atoms with Gasteiger partial charge in [0.2, 0.25) is 0 Å². The van der Waals surface area contributed by atoms with E-state index in [1.165, 1.54) is 0 Å². The second kappa shape index (κ2) is 6.97. The van der Waals surface area contributed by atoms with Crippen LogP contribution in [0.5, 0.6) is 0 Å². The van der Waals surface area contributed by atoms with Gasteiger partial charge in [0.05, 0.1) is 6.54 Å². The van der Waals surface area contributed by atoms with Crippen LogP contribution in [0.3, 0.4) is 0 Å². The Morgan fingerprint density at radius 3 is 2.62 bits per heavy atom. The van der Waals surface area contributed by atoms with E-state index in [-0.39, 0.29) is 12.6 Å². The van der Waals surface area contributed by atoms with E-state index in [2.05, 4.69) is 22.5 Å². The first-order valence-electron chi connectivity index (χ1n) is 7.35. The lowest BCUT2D eigenvalue weighted by Crippen LogP contribution is -2.52. The van der Waals surface area contributed by atoms with Crippen molar-refractivity contribution in [1.29, 1.82) is 0 Å². The molecule has 0 bridgehead atoms. The maximum absolute atomic E-state index is 12.2. The van der Waals surface area contributed by atoms with Gasteiger partial charge >= 0.3 is 6.09 Å². The number of likely N-dealkylation sites (tertiary alicyclic amines) is 1. The Kier molecular flexibility index (Phi) is 6.05. The molecule has 1 saturated heterocycles. The Morgan fingerprint density at radius 2 is 2.14 bits per heavy atom. The quantitative estimate of drug-likeness (QED) is 0.774. The van der Waals surface area contributed by atoms with Crippen molar-refractivity contribution < 1.29 is 14.6 Å². The van der Waals surface area contributed by atoms with Crippen LogP contribution in [-0.2, 0) is 4.74 Å². The van der Waals surface area contributed by atoms with Gasteiger partial charge in [-0.25, -0.2) is 4.79 Å². The molecule has 0 aromatic heterocycles. The minimum atomic E-state index is -1.06. The van der Waals surface area contributed by atoms with Crippen LogP contribution in [0.4, 0.5) is 4.79 Å². The Labute approximate surface area is 136 Å². The van der Waals surface area contributed by atoms with Crippen LogP contribution in [0.1, 0.15) is 47.0 Å². The highest BCUT2D eigenvalue weighted by atomic mass is 79.9. The van der Waals surface area contributed by atoms with Gasteiger partial charge in [-0.05, 0) is 45.6 Å². The van der Waals surface area contributed by atoms with Gasteiger partial charge in [0, 0.05) is 11.0 Å². The molecule has 1 aliphatic rings. The third kappa shape index (κ3) is 4.85. The third-order valence-corrected chi connectivity index (χ3v) is 4.42. The van der Waals surface area contributed by atoms with E-state index in [0.29, 0.717) is 13.0 Å². The molecule has 1 N–H and O–H groups in total. The number of aliphatic hydroxyl groups is 1. The summed E-state index contributed by atoms with van der Waals surface area (Å²) in [6.07, 6.45) is 3.42. The molecule has 0 spiro atoms. The van der Waals surface area contributed by atoms with E-state index >= 15 is 0 Å². The Bertz CT molecular complexity index is 439. The molecule has 0 radical (unpaired) electrons. The van der Waals surface area contributed by atoms with Gasteiger partial charge in [-0.3, -0.25) is 0 Å². The summed E-state index contributed by atoms with van der Waals surface area (Å²) < 4.78 is 6.32. The van der Waals surface area contributed by atoms with Crippen LogP contribution in [0.25, 0.3) is 0 Å². The predicted molar refractivity (Wildman–Crippen MR) is 88.4 cm³/mol. The highest BCUT2D eigenvalue weighted by Crippen LogP contribution is 2.34. The fourth-order valence-corrected chi connectivity index (χ4v) is 3.01. The molecule has 1 aliphatic heterocycles. The summed E-state index contributed by atoms with van der Waals surface area (Å²) >= 11 is 3.49. The number of carbonyl (C=O) groups excluding carboxylic acids is 1. The molecule has 1 amide bonds. The smallest absolute Gasteiger partial charge is 0.410 e. The molecule has 120 valence electrons. The summed E-state index contributed by atoms with van der Waals surface area (Å²) in [5.41, 5.74) is -0.835. The fraction of sp³-hybridized carbons (Fsp3) is 0.688. The Balaban J connectivity index is 2.93. The minimum absolute atomic E-state index is 0.234. The van der Waals surface area contributed by atoms with Gasteiger partial charge in [-0.2, -0.15) is 0 Å². The molecule has 1 rings (SSSR count). The summed E-state index contributed by atoms with van der Waals surface area (Å²) in [4.78, 5) is 13.8. The van der Waals surface area contributed by atoms with Crippen molar-refractivity contribution in [2.75, 3.05) is 13.1 Å². The molecule has 1 fully saturated rings. The lowest BCUT2D eigenvalue weighted by atomic mass is 9.85. The lowest BCUT2D eigenvalue weighted by molar-refractivity contribution is -0.0227. The topological polar surface area (TPSA) is 49.8 Å². The number of piperidine rings is 1. The average molecular weight is 360 g/mol. The molecule has 4 nitrogen and oxygen atoms in total. The number of carbonyl (C=O) groups is 1. The zero-order chi connectivity index (χ0) is 16.3. The maximum Gasteiger partial charge on any atom is 0.410 e. The van der Waals surface area contributed by atoms with E-state index in [1.807, 2.05) is 27.7 Å². The van der Waals surface area contributed by atoms with Crippen LogP contribution in [0, 0.1) is 0 Å². The van der Waals surface area contributed by atoms with Crippen molar-refractivity contribution in [2.24, 2.45) is 0 Å². The second-order valence-electron chi connectivity index (χ2n) is 6.41. The van der Waals surface area contributed by atoms with Gasteiger partial charge < -0.3 is 14.7 Å². The molecule has 0 aliphatic carbocycles. The standard InChI is InChI=1S/C16H26BrNO3/c1-6-12(13(17)7-2)16(20)9-8-10-18(11-16)14(19)21-15(3,4)5/h6,20H,1,7-11H2,2-5H3/b13-12-. The fourth-order valence-electron chi connectivity index (χ4n) is 2.48. The molecule has 0 aromatic rings. The number of rotatable bonds is 3. The zero-order valence-corrected chi connectivity index (χ0v) is 15.0. The number of halogens is 1. The first-order valence-corrected chi connectivity index (χ1v) is 8.14. The molecule has 21 heavy (non-hydrogen) atoms. The van der Waals surface area contributed by atoms with Crippen molar-refractivity contribution >= 4 is 22.0 Å². The van der Waals surface area contributed by atoms with Crippen LogP contribution in [-0.4, -0.2) is 40.4 Å². The zero-order valence-electron chi connectivity index (χ0n) is 13.4. The SMILES string of the molecule is C=C/C(=C(/Br)CC)C1(O)CCCN(C(=O)OC(C)(C)C)C1. The van der Waals surface area contributed by atoms with Gasteiger partial charge in [-0.1, -0.05) is 35.5 Å². The number of amides is 1. The summed E-state index contributed by atoms with van der Waals surface area (Å²) in [6, 6.07) is 0. The summed E-state index contributed by atoms with van der Waals surface area (Å²) in [6.45, 7) is 12.2. The maximum atomic E-state index is 12.2.